The molecule has 5 heteroatoms. The third-order valence-electron chi connectivity index (χ3n) is 2.90. The second kappa shape index (κ2) is 4.25. The molecular weight excluding hydrogens is 230 g/mol. The van der Waals surface area contributed by atoms with Gasteiger partial charge in [-0.3, -0.25) is 10.1 Å². The Balaban J connectivity index is 1.76. The molecule has 1 aromatic carbocycles. The van der Waals surface area contributed by atoms with Crippen LogP contribution in [0.1, 0.15) is 18.4 Å². The molecule has 0 radical (unpaired) electrons. The number of hydrogen-bond donors (Lipinski definition) is 1. The van der Waals surface area contributed by atoms with E-state index in [1.807, 2.05) is 31.2 Å². The molecule has 1 heterocycles. The molecule has 5 nitrogen and oxygen atoms in total. The molecule has 3 rings (SSSR count). The van der Waals surface area contributed by atoms with Crippen LogP contribution in [0.3, 0.4) is 0 Å². The Morgan fingerprint density at radius 3 is 2.67 bits per heavy atom. The molecule has 1 aromatic heterocycles. The zero-order valence-corrected chi connectivity index (χ0v) is 10.0. The number of hydrogen-bond acceptors (Lipinski definition) is 4. The number of benzene rings is 1. The molecule has 1 aliphatic carbocycles. The molecule has 0 aliphatic heterocycles. The van der Waals surface area contributed by atoms with Gasteiger partial charge in [0, 0.05) is 11.5 Å². The summed E-state index contributed by atoms with van der Waals surface area (Å²) < 4.78 is 5.40. The van der Waals surface area contributed by atoms with Crippen molar-refractivity contribution in [3.8, 4) is 11.5 Å². The van der Waals surface area contributed by atoms with Crippen LogP contribution in [0, 0.1) is 12.8 Å². The van der Waals surface area contributed by atoms with Crippen molar-refractivity contribution in [1.29, 1.82) is 0 Å². The molecule has 1 amide bonds. The van der Waals surface area contributed by atoms with Gasteiger partial charge in [0.05, 0.1) is 0 Å². The van der Waals surface area contributed by atoms with Crippen molar-refractivity contribution in [2.75, 3.05) is 5.32 Å². The van der Waals surface area contributed by atoms with Gasteiger partial charge in [0.25, 0.3) is 0 Å². The second-order valence-corrected chi connectivity index (χ2v) is 4.54. The van der Waals surface area contributed by atoms with E-state index >= 15 is 0 Å². The summed E-state index contributed by atoms with van der Waals surface area (Å²) in [5, 5.41) is 10.4. The van der Waals surface area contributed by atoms with Crippen LogP contribution in [0.4, 0.5) is 6.01 Å². The molecule has 0 atom stereocenters. The number of anilines is 1. The third kappa shape index (κ3) is 2.25. The molecular formula is C13H13N3O2. The normalized spacial score (nSPS) is 14.5. The highest BCUT2D eigenvalue weighted by atomic mass is 16.4. The van der Waals surface area contributed by atoms with Crippen molar-refractivity contribution in [1.82, 2.24) is 10.2 Å². The highest BCUT2D eigenvalue weighted by molar-refractivity contribution is 5.92. The van der Waals surface area contributed by atoms with E-state index in [4.69, 9.17) is 4.42 Å². The second-order valence-electron chi connectivity index (χ2n) is 4.54. The van der Waals surface area contributed by atoms with E-state index in [0.29, 0.717) is 5.89 Å². The number of aryl methyl sites for hydroxylation is 1. The number of aromatic nitrogens is 2. The number of nitrogens with one attached hydrogen (secondary N) is 1. The van der Waals surface area contributed by atoms with Crippen LogP contribution in [0.25, 0.3) is 11.5 Å². The zero-order valence-electron chi connectivity index (χ0n) is 10.0. The molecule has 2 aromatic rings. The van der Waals surface area contributed by atoms with Gasteiger partial charge in [0.2, 0.25) is 11.8 Å². The summed E-state index contributed by atoms with van der Waals surface area (Å²) in [5.74, 6) is 0.509. The van der Waals surface area contributed by atoms with E-state index in [1.54, 1.807) is 0 Å². The Kier molecular flexibility index (Phi) is 2.59. The van der Waals surface area contributed by atoms with Crippen LogP contribution < -0.4 is 5.32 Å². The molecule has 1 N–H and O–H groups in total. The third-order valence-corrected chi connectivity index (χ3v) is 2.90. The minimum absolute atomic E-state index is 0.0332. The summed E-state index contributed by atoms with van der Waals surface area (Å²) in [6, 6.07) is 7.94. The minimum atomic E-state index is -0.0332. The Bertz CT molecular complexity index is 570. The first-order chi connectivity index (χ1) is 8.72. The molecule has 92 valence electrons. The topological polar surface area (TPSA) is 68.0 Å². The van der Waals surface area contributed by atoms with E-state index < -0.39 is 0 Å². The van der Waals surface area contributed by atoms with Gasteiger partial charge in [-0.2, -0.15) is 0 Å². The average Bonchev–Trinajstić information content (AvgIpc) is 3.12. The zero-order chi connectivity index (χ0) is 12.5. The maximum atomic E-state index is 11.5. The monoisotopic (exact) mass is 243 g/mol. The Labute approximate surface area is 104 Å². The van der Waals surface area contributed by atoms with E-state index in [9.17, 15) is 4.79 Å². The SMILES string of the molecule is Cc1ccc(-c2nnc(NC(=O)C3CC3)o2)cc1. The van der Waals surface area contributed by atoms with Gasteiger partial charge in [0.1, 0.15) is 0 Å². The quantitative estimate of drug-likeness (QED) is 0.898. The highest BCUT2D eigenvalue weighted by Gasteiger charge is 2.30. The van der Waals surface area contributed by atoms with Crippen LogP contribution >= 0.6 is 0 Å². The molecule has 1 aliphatic rings. The van der Waals surface area contributed by atoms with Gasteiger partial charge in [0.15, 0.2) is 0 Å². The molecule has 0 spiro atoms. The number of carbonyl (C=O) groups is 1. The van der Waals surface area contributed by atoms with Gasteiger partial charge in [-0.25, -0.2) is 0 Å². The predicted molar refractivity (Wildman–Crippen MR) is 65.8 cm³/mol. The summed E-state index contributed by atoms with van der Waals surface area (Å²) in [5.41, 5.74) is 2.01. The smallest absolute Gasteiger partial charge is 0.322 e. The van der Waals surface area contributed by atoms with Crippen LogP contribution in [0.15, 0.2) is 28.7 Å². The van der Waals surface area contributed by atoms with Crippen molar-refractivity contribution in [3.05, 3.63) is 29.8 Å². The Morgan fingerprint density at radius 1 is 1.28 bits per heavy atom. The van der Waals surface area contributed by atoms with Crippen LogP contribution in [0.5, 0.6) is 0 Å². The van der Waals surface area contributed by atoms with Crippen molar-refractivity contribution < 1.29 is 9.21 Å². The highest BCUT2D eigenvalue weighted by Crippen LogP contribution is 2.30. The minimum Gasteiger partial charge on any atom is -0.403 e. The van der Waals surface area contributed by atoms with Crippen LogP contribution in [-0.2, 0) is 4.79 Å². The van der Waals surface area contributed by atoms with Crippen molar-refractivity contribution in [2.45, 2.75) is 19.8 Å². The molecule has 0 saturated heterocycles. The summed E-state index contributed by atoms with van der Waals surface area (Å²) in [7, 11) is 0. The van der Waals surface area contributed by atoms with Gasteiger partial charge >= 0.3 is 6.01 Å². The maximum absolute atomic E-state index is 11.5. The fourth-order valence-electron chi connectivity index (χ4n) is 1.64. The molecule has 18 heavy (non-hydrogen) atoms. The lowest BCUT2D eigenvalue weighted by molar-refractivity contribution is -0.117. The number of carbonyl (C=O) groups excluding carboxylic acids is 1. The predicted octanol–water partition coefficient (Wildman–Crippen LogP) is 2.39. The summed E-state index contributed by atoms with van der Waals surface area (Å²) >= 11 is 0. The number of rotatable bonds is 3. The number of nitrogens with zero attached hydrogens (tertiary/aromatic N) is 2. The van der Waals surface area contributed by atoms with Crippen molar-refractivity contribution in [2.24, 2.45) is 5.92 Å². The van der Waals surface area contributed by atoms with Crippen molar-refractivity contribution in [3.63, 3.8) is 0 Å². The lowest BCUT2D eigenvalue weighted by Gasteiger charge is -1.97. The summed E-state index contributed by atoms with van der Waals surface area (Å²) in [6.45, 7) is 2.01. The fourth-order valence-corrected chi connectivity index (χ4v) is 1.64. The average molecular weight is 243 g/mol. The fraction of sp³-hybridized carbons (Fsp3) is 0.308. The van der Waals surface area contributed by atoms with Crippen LogP contribution in [-0.4, -0.2) is 16.1 Å². The Morgan fingerprint density at radius 2 is 2.00 bits per heavy atom. The van der Waals surface area contributed by atoms with Gasteiger partial charge in [-0.05, 0) is 31.9 Å². The lowest BCUT2D eigenvalue weighted by Crippen LogP contribution is -2.13. The summed E-state index contributed by atoms with van der Waals surface area (Å²) in [6.07, 6.45) is 1.90. The largest absolute Gasteiger partial charge is 0.403 e. The van der Waals surface area contributed by atoms with E-state index in [-0.39, 0.29) is 17.8 Å². The lowest BCUT2D eigenvalue weighted by atomic mass is 10.1. The summed E-state index contributed by atoms with van der Waals surface area (Å²) in [4.78, 5) is 11.5. The van der Waals surface area contributed by atoms with E-state index in [0.717, 1.165) is 18.4 Å². The number of amides is 1. The van der Waals surface area contributed by atoms with E-state index in [2.05, 4.69) is 15.5 Å². The molecule has 1 fully saturated rings. The van der Waals surface area contributed by atoms with Gasteiger partial charge < -0.3 is 4.42 Å². The molecule has 1 saturated carbocycles. The molecule has 0 bridgehead atoms. The van der Waals surface area contributed by atoms with Crippen molar-refractivity contribution >= 4 is 11.9 Å². The first kappa shape index (κ1) is 11.0. The molecule has 0 unspecified atom stereocenters. The first-order valence-electron chi connectivity index (χ1n) is 5.94. The van der Waals surface area contributed by atoms with Gasteiger partial charge in [-0.15, -0.1) is 5.10 Å². The Hall–Kier alpha value is -2.17. The van der Waals surface area contributed by atoms with Crippen LogP contribution in [0.2, 0.25) is 0 Å². The standard InChI is InChI=1S/C13H13N3O2/c1-8-2-4-10(5-3-8)12-15-16-13(18-12)14-11(17)9-6-7-9/h2-5,9H,6-7H2,1H3,(H,14,16,17). The first-order valence-corrected chi connectivity index (χ1v) is 5.94. The maximum Gasteiger partial charge on any atom is 0.322 e. The van der Waals surface area contributed by atoms with Gasteiger partial charge in [-0.1, -0.05) is 22.8 Å². The van der Waals surface area contributed by atoms with E-state index in [1.165, 1.54) is 5.56 Å².